The number of aromatic nitrogens is 2. The largest absolute Gasteiger partial charge is 0.497 e. The fraction of sp³-hybridized carbons (Fsp3) is 0.560. The average molecular weight is 451 g/mol. The van der Waals surface area contributed by atoms with E-state index in [1.165, 1.54) is 12.8 Å². The molecule has 3 atom stereocenters. The smallest absolute Gasteiger partial charge is 0.241 e. The van der Waals surface area contributed by atoms with Crippen LogP contribution in [0.25, 0.3) is 11.1 Å². The van der Waals surface area contributed by atoms with Crippen molar-refractivity contribution in [2.45, 2.75) is 50.1 Å². The van der Waals surface area contributed by atoms with E-state index >= 15 is 0 Å². The van der Waals surface area contributed by atoms with Gasteiger partial charge in [0.2, 0.25) is 11.9 Å². The molecule has 1 saturated carbocycles. The van der Waals surface area contributed by atoms with Crippen LogP contribution in [0.15, 0.2) is 30.5 Å². The fourth-order valence-corrected chi connectivity index (χ4v) is 5.59. The first-order valence-corrected chi connectivity index (χ1v) is 12.0. The topological polar surface area (TPSA) is 82.6 Å². The first-order valence-electron chi connectivity index (χ1n) is 12.0. The molecule has 1 aliphatic carbocycles. The number of benzene rings is 1. The molecule has 2 N–H and O–H groups in total. The van der Waals surface area contributed by atoms with Gasteiger partial charge < -0.3 is 14.5 Å². The van der Waals surface area contributed by atoms with Gasteiger partial charge >= 0.3 is 0 Å². The maximum atomic E-state index is 13.3. The highest BCUT2D eigenvalue weighted by Crippen LogP contribution is 2.37. The molecule has 0 spiro atoms. The molecule has 1 aromatic heterocycles. The number of hydrazine groups is 1. The molecule has 2 aromatic rings. The number of anilines is 1. The predicted octanol–water partition coefficient (Wildman–Crippen LogP) is 2.57. The third-order valence-electron chi connectivity index (χ3n) is 7.49. The lowest BCUT2D eigenvalue weighted by Crippen LogP contribution is -2.50. The monoisotopic (exact) mass is 450 g/mol. The van der Waals surface area contributed by atoms with Gasteiger partial charge in [-0.05, 0) is 43.4 Å². The van der Waals surface area contributed by atoms with E-state index in [2.05, 4.69) is 32.9 Å². The quantitative estimate of drug-likeness (QED) is 0.724. The fourth-order valence-electron chi connectivity index (χ4n) is 5.59. The SMILES string of the molecule is COc1ccc(-c2cnc(N(C)C)nc2C2CCN(C(=O)C3NNC4CCCC43)CC2)cc1. The Hall–Kier alpha value is -2.71. The number of amides is 1. The predicted molar refractivity (Wildman–Crippen MR) is 128 cm³/mol. The maximum absolute atomic E-state index is 13.3. The molecule has 1 amide bonds. The van der Waals surface area contributed by atoms with E-state index in [9.17, 15) is 4.79 Å². The molecule has 8 nitrogen and oxygen atoms in total. The lowest BCUT2D eigenvalue weighted by molar-refractivity contribution is -0.135. The van der Waals surface area contributed by atoms with Gasteiger partial charge in [-0.15, -0.1) is 0 Å². The summed E-state index contributed by atoms with van der Waals surface area (Å²) in [7, 11) is 5.60. The number of hydrogen-bond acceptors (Lipinski definition) is 7. The van der Waals surface area contributed by atoms with E-state index in [-0.39, 0.29) is 11.9 Å². The van der Waals surface area contributed by atoms with Crippen molar-refractivity contribution < 1.29 is 9.53 Å². The third-order valence-corrected chi connectivity index (χ3v) is 7.49. The number of likely N-dealkylation sites (tertiary alicyclic amines) is 1. The maximum Gasteiger partial charge on any atom is 0.241 e. The summed E-state index contributed by atoms with van der Waals surface area (Å²) in [5.74, 6) is 2.53. The van der Waals surface area contributed by atoms with E-state index < -0.39 is 0 Å². The molecule has 3 fully saturated rings. The molecular weight excluding hydrogens is 416 g/mol. The molecule has 3 unspecified atom stereocenters. The second-order valence-corrected chi connectivity index (χ2v) is 9.66. The van der Waals surface area contributed by atoms with Crippen LogP contribution in [0.3, 0.4) is 0 Å². The molecule has 3 aliphatic rings. The average Bonchev–Trinajstić information content (AvgIpc) is 3.48. The molecule has 0 radical (unpaired) electrons. The Morgan fingerprint density at radius 3 is 2.55 bits per heavy atom. The summed E-state index contributed by atoms with van der Waals surface area (Å²) in [4.78, 5) is 26.8. The Bertz CT molecular complexity index is 987. The zero-order valence-corrected chi connectivity index (χ0v) is 19.8. The summed E-state index contributed by atoms with van der Waals surface area (Å²) in [6.07, 6.45) is 7.27. The van der Waals surface area contributed by atoms with Crippen LogP contribution < -0.4 is 20.5 Å². The number of carbonyl (C=O) groups excluding carboxylic acids is 1. The highest BCUT2D eigenvalue weighted by molar-refractivity contribution is 5.83. The van der Waals surface area contributed by atoms with Gasteiger partial charge in [0.15, 0.2) is 0 Å². The lowest BCUT2D eigenvalue weighted by atomic mass is 9.88. The van der Waals surface area contributed by atoms with Crippen molar-refractivity contribution in [3.05, 3.63) is 36.2 Å². The zero-order valence-electron chi connectivity index (χ0n) is 19.8. The second-order valence-electron chi connectivity index (χ2n) is 9.66. The number of fused-ring (bicyclic) bond motifs is 1. The molecule has 176 valence electrons. The Morgan fingerprint density at radius 2 is 1.85 bits per heavy atom. The number of nitrogens with one attached hydrogen (secondary N) is 2. The van der Waals surface area contributed by atoms with Crippen molar-refractivity contribution in [2.75, 3.05) is 39.2 Å². The number of piperidine rings is 1. The molecule has 2 saturated heterocycles. The van der Waals surface area contributed by atoms with E-state index in [0.717, 1.165) is 54.9 Å². The highest BCUT2D eigenvalue weighted by atomic mass is 16.5. The number of hydrogen-bond donors (Lipinski definition) is 2. The minimum Gasteiger partial charge on any atom is -0.497 e. The van der Waals surface area contributed by atoms with E-state index in [0.29, 0.717) is 23.8 Å². The molecule has 3 heterocycles. The zero-order chi connectivity index (χ0) is 22.9. The van der Waals surface area contributed by atoms with Crippen LogP contribution >= 0.6 is 0 Å². The van der Waals surface area contributed by atoms with Gasteiger partial charge in [0.05, 0.1) is 12.8 Å². The number of nitrogens with zero attached hydrogens (tertiary/aromatic N) is 4. The molecule has 8 heteroatoms. The van der Waals surface area contributed by atoms with Gasteiger partial charge in [0.25, 0.3) is 0 Å². The number of carbonyl (C=O) groups is 1. The number of methoxy groups -OCH3 is 1. The Morgan fingerprint density at radius 1 is 1.09 bits per heavy atom. The van der Waals surface area contributed by atoms with E-state index in [1.54, 1.807) is 7.11 Å². The Kier molecular flexibility index (Phi) is 6.21. The van der Waals surface area contributed by atoms with Crippen LogP contribution in [0.5, 0.6) is 5.75 Å². The molecule has 1 aromatic carbocycles. The van der Waals surface area contributed by atoms with Crippen molar-refractivity contribution in [2.24, 2.45) is 5.92 Å². The van der Waals surface area contributed by atoms with Gasteiger partial charge in [-0.2, -0.15) is 0 Å². The Labute approximate surface area is 195 Å². The molecule has 0 bridgehead atoms. The van der Waals surface area contributed by atoms with Crippen molar-refractivity contribution in [1.82, 2.24) is 25.7 Å². The van der Waals surface area contributed by atoms with Crippen molar-refractivity contribution >= 4 is 11.9 Å². The second kappa shape index (κ2) is 9.27. The van der Waals surface area contributed by atoms with Crippen LogP contribution in [0.4, 0.5) is 5.95 Å². The summed E-state index contributed by atoms with van der Waals surface area (Å²) in [5, 5.41) is 0. The number of rotatable bonds is 5. The summed E-state index contributed by atoms with van der Waals surface area (Å²) in [6.45, 7) is 1.53. The third kappa shape index (κ3) is 4.29. The minimum atomic E-state index is -0.0803. The first-order chi connectivity index (χ1) is 16.0. The normalized spacial score (nSPS) is 25.2. The van der Waals surface area contributed by atoms with E-state index in [1.807, 2.05) is 37.3 Å². The molecule has 33 heavy (non-hydrogen) atoms. The summed E-state index contributed by atoms with van der Waals surface area (Å²) in [6, 6.07) is 8.44. The Balaban J connectivity index is 1.33. The van der Waals surface area contributed by atoms with Crippen molar-refractivity contribution in [1.29, 1.82) is 0 Å². The first kappa shape index (κ1) is 22.1. The summed E-state index contributed by atoms with van der Waals surface area (Å²) < 4.78 is 5.32. The minimum absolute atomic E-state index is 0.0803. The molecule has 5 rings (SSSR count). The van der Waals surface area contributed by atoms with Gasteiger partial charge in [-0.25, -0.2) is 15.4 Å². The molecular formula is C25H34N6O2. The molecule has 2 aliphatic heterocycles. The van der Waals surface area contributed by atoms with Crippen molar-refractivity contribution in [3.8, 4) is 16.9 Å². The van der Waals surface area contributed by atoms with Crippen molar-refractivity contribution in [3.63, 3.8) is 0 Å². The van der Waals surface area contributed by atoms with Gasteiger partial charge in [0.1, 0.15) is 11.8 Å². The van der Waals surface area contributed by atoms with Crippen LogP contribution in [-0.4, -0.2) is 67.2 Å². The standard InChI is InChI=1S/C25H34N6O2/c1-30(2)25-26-15-20(16-7-9-18(33-3)10-8-16)22(27-25)17-11-13-31(14-12-17)24(32)23-19-5-4-6-21(19)28-29-23/h7-10,15,17,19,21,23,28-29H,4-6,11-14H2,1-3H3. The van der Waals surface area contributed by atoms with Gasteiger partial charge in [0, 0.05) is 56.8 Å². The summed E-state index contributed by atoms with van der Waals surface area (Å²) >= 11 is 0. The van der Waals surface area contributed by atoms with Gasteiger partial charge in [-0.1, -0.05) is 18.6 Å². The summed E-state index contributed by atoms with van der Waals surface area (Å²) in [5.41, 5.74) is 9.84. The van der Waals surface area contributed by atoms with Crippen LogP contribution in [-0.2, 0) is 4.79 Å². The van der Waals surface area contributed by atoms with Crippen LogP contribution in [0.2, 0.25) is 0 Å². The van der Waals surface area contributed by atoms with E-state index in [4.69, 9.17) is 9.72 Å². The lowest BCUT2D eigenvalue weighted by Gasteiger charge is -2.35. The van der Waals surface area contributed by atoms with Crippen LogP contribution in [0, 0.1) is 5.92 Å². The van der Waals surface area contributed by atoms with Gasteiger partial charge in [-0.3, -0.25) is 10.2 Å². The highest BCUT2D eigenvalue weighted by Gasteiger charge is 2.44. The van der Waals surface area contributed by atoms with Crippen LogP contribution in [0.1, 0.15) is 43.7 Å². The number of ether oxygens (including phenoxy) is 1.